The maximum absolute atomic E-state index is 3.51. The Balaban J connectivity index is 1.73. The Kier molecular flexibility index (Phi) is 4.43. The number of aryl methyl sites for hydroxylation is 1. The summed E-state index contributed by atoms with van der Waals surface area (Å²) >= 11 is 0. The van der Waals surface area contributed by atoms with Gasteiger partial charge in [0.25, 0.3) is 0 Å². The van der Waals surface area contributed by atoms with Gasteiger partial charge >= 0.3 is 0 Å². The molecule has 1 aromatic carbocycles. The van der Waals surface area contributed by atoms with Crippen LogP contribution >= 0.6 is 0 Å². The summed E-state index contributed by atoms with van der Waals surface area (Å²) in [6.45, 7) is 4.48. The van der Waals surface area contributed by atoms with Crippen LogP contribution in [-0.4, -0.2) is 31.1 Å². The van der Waals surface area contributed by atoms with Gasteiger partial charge in [0.1, 0.15) is 0 Å². The van der Waals surface area contributed by atoms with Gasteiger partial charge in [-0.25, -0.2) is 0 Å². The van der Waals surface area contributed by atoms with Crippen LogP contribution in [0.5, 0.6) is 0 Å². The van der Waals surface area contributed by atoms with Gasteiger partial charge in [-0.15, -0.1) is 0 Å². The molecular formula is C15H24N2. The van der Waals surface area contributed by atoms with E-state index in [4.69, 9.17) is 0 Å². The number of nitrogens with one attached hydrogen (secondary N) is 1. The Hall–Kier alpha value is -1.02. The second-order valence-corrected chi connectivity index (χ2v) is 5.21. The van der Waals surface area contributed by atoms with Crippen molar-refractivity contribution < 1.29 is 0 Å². The first-order valence-corrected chi connectivity index (χ1v) is 6.76. The highest BCUT2D eigenvalue weighted by Crippen LogP contribution is 2.18. The van der Waals surface area contributed by atoms with E-state index in [1.807, 2.05) is 0 Å². The van der Waals surface area contributed by atoms with Crippen LogP contribution in [0.2, 0.25) is 0 Å². The number of likely N-dealkylation sites (tertiary alicyclic amines) is 1. The number of nitrogens with zero attached hydrogens (tertiary/aromatic N) is 1. The zero-order valence-electron chi connectivity index (χ0n) is 11.1. The molecule has 0 spiro atoms. The highest BCUT2D eigenvalue weighted by molar-refractivity contribution is 5.44. The molecule has 94 valence electrons. The van der Waals surface area contributed by atoms with Gasteiger partial charge < -0.3 is 10.2 Å². The molecule has 1 N–H and O–H groups in total. The Labute approximate surface area is 105 Å². The standard InChI is InChI=1S/C15H24N2/c1-13-6-8-14(9-7-13)16-11-10-15-5-3-4-12-17(15)2/h6-9,15-16H,3-5,10-12H2,1-2H3. The fraction of sp³-hybridized carbons (Fsp3) is 0.600. The summed E-state index contributed by atoms with van der Waals surface area (Å²) in [5.74, 6) is 0. The molecule has 2 rings (SSSR count). The molecule has 0 bridgehead atoms. The van der Waals surface area contributed by atoms with Crippen molar-refractivity contribution in [1.82, 2.24) is 4.90 Å². The van der Waals surface area contributed by atoms with Crippen molar-refractivity contribution in [3.8, 4) is 0 Å². The molecule has 1 aromatic rings. The SMILES string of the molecule is Cc1ccc(NCCC2CCCCN2C)cc1. The second kappa shape index (κ2) is 6.06. The predicted octanol–water partition coefficient (Wildman–Crippen LogP) is 3.28. The average molecular weight is 232 g/mol. The molecular weight excluding hydrogens is 208 g/mol. The summed E-state index contributed by atoms with van der Waals surface area (Å²) in [5.41, 5.74) is 2.57. The lowest BCUT2D eigenvalue weighted by Crippen LogP contribution is -2.37. The van der Waals surface area contributed by atoms with Crippen molar-refractivity contribution >= 4 is 5.69 Å². The van der Waals surface area contributed by atoms with Crippen LogP contribution in [0.1, 0.15) is 31.2 Å². The second-order valence-electron chi connectivity index (χ2n) is 5.21. The van der Waals surface area contributed by atoms with Crippen LogP contribution in [-0.2, 0) is 0 Å². The third-order valence-corrected chi connectivity index (χ3v) is 3.78. The van der Waals surface area contributed by atoms with E-state index in [1.54, 1.807) is 0 Å². The lowest BCUT2D eigenvalue weighted by molar-refractivity contribution is 0.179. The van der Waals surface area contributed by atoms with Crippen LogP contribution in [0, 0.1) is 6.92 Å². The molecule has 1 aliphatic rings. The van der Waals surface area contributed by atoms with Crippen molar-refractivity contribution in [3.05, 3.63) is 29.8 Å². The molecule has 2 nitrogen and oxygen atoms in total. The van der Waals surface area contributed by atoms with Gasteiger partial charge in [0.05, 0.1) is 0 Å². The Bertz CT molecular complexity index is 331. The summed E-state index contributed by atoms with van der Waals surface area (Å²) < 4.78 is 0. The monoisotopic (exact) mass is 232 g/mol. The smallest absolute Gasteiger partial charge is 0.0340 e. The molecule has 17 heavy (non-hydrogen) atoms. The van der Waals surface area contributed by atoms with E-state index in [0.717, 1.165) is 12.6 Å². The van der Waals surface area contributed by atoms with Gasteiger partial charge in [-0.3, -0.25) is 0 Å². The number of hydrogen-bond donors (Lipinski definition) is 1. The molecule has 1 saturated heterocycles. The molecule has 0 aromatic heterocycles. The quantitative estimate of drug-likeness (QED) is 0.857. The lowest BCUT2D eigenvalue weighted by atomic mass is 10.0. The maximum atomic E-state index is 3.51. The molecule has 1 unspecified atom stereocenters. The van der Waals surface area contributed by atoms with E-state index in [1.165, 1.54) is 43.5 Å². The molecule has 1 fully saturated rings. The summed E-state index contributed by atoms with van der Waals surface area (Å²) in [5, 5.41) is 3.51. The van der Waals surface area contributed by atoms with Crippen molar-refractivity contribution in [2.45, 2.75) is 38.6 Å². The fourth-order valence-corrected chi connectivity index (χ4v) is 2.56. The topological polar surface area (TPSA) is 15.3 Å². The van der Waals surface area contributed by atoms with E-state index >= 15 is 0 Å². The van der Waals surface area contributed by atoms with E-state index in [-0.39, 0.29) is 0 Å². The number of benzene rings is 1. The first-order chi connectivity index (χ1) is 8.25. The first-order valence-electron chi connectivity index (χ1n) is 6.76. The van der Waals surface area contributed by atoms with Gasteiger partial charge in [0, 0.05) is 18.3 Å². The number of piperidine rings is 1. The van der Waals surface area contributed by atoms with Crippen molar-refractivity contribution in [3.63, 3.8) is 0 Å². The third-order valence-electron chi connectivity index (χ3n) is 3.78. The molecule has 2 heteroatoms. The highest BCUT2D eigenvalue weighted by atomic mass is 15.1. The molecule has 0 aliphatic carbocycles. The van der Waals surface area contributed by atoms with Gasteiger partial charge in [-0.05, 0) is 51.9 Å². The maximum Gasteiger partial charge on any atom is 0.0340 e. The van der Waals surface area contributed by atoms with Gasteiger partial charge in [-0.1, -0.05) is 24.1 Å². The Morgan fingerprint density at radius 1 is 1.24 bits per heavy atom. The minimum atomic E-state index is 0.779. The fourth-order valence-electron chi connectivity index (χ4n) is 2.56. The average Bonchev–Trinajstić information content (AvgIpc) is 2.34. The van der Waals surface area contributed by atoms with Crippen molar-refractivity contribution in [2.75, 3.05) is 25.5 Å². The minimum Gasteiger partial charge on any atom is -0.385 e. The van der Waals surface area contributed by atoms with Crippen LogP contribution < -0.4 is 5.32 Å². The van der Waals surface area contributed by atoms with Gasteiger partial charge in [-0.2, -0.15) is 0 Å². The summed E-state index contributed by atoms with van der Waals surface area (Å²) in [6.07, 6.45) is 5.40. The zero-order chi connectivity index (χ0) is 12.1. The van der Waals surface area contributed by atoms with E-state index < -0.39 is 0 Å². The van der Waals surface area contributed by atoms with E-state index in [9.17, 15) is 0 Å². The van der Waals surface area contributed by atoms with Crippen molar-refractivity contribution in [2.24, 2.45) is 0 Å². The van der Waals surface area contributed by atoms with E-state index in [0.29, 0.717) is 0 Å². The van der Waals surface area contributed by atoms with E-state index in [2.05, 4.69) is 48.5 Å². The van der Waals surface area contributed by atoms with Crippen LogP contribution in [0.25, 0.3) is 0 Å². The molecule has 1 heterocycles. The summed E-state index contributed by atoms with van der Waals surface area (Å²) in [4.78, 5) is 2.51. The van der Waals surface area contributed by atoms with Crippen LogP contribution in [0.3, 0.4) is 0 Å². The predicted molar refractivity (Wildman–Crippen MR) is 74.6 cm³/mol. The number of rotatable bonds is 4. The zero-order valence-corrected chi connectivity index (χ0v) is 11.1. The van der Waals surface area contributed by atoms with Gasteiger partial charge in [0.2, 0.25) is 0 Å². The Morgan fingerprint density at radius 2 is 2.00 bits per heavy atom. The highest BCUT2D eigenvalue weighted by Gasteiger charge is 2.17. The Morgan fingerprint density at radius 3 is 2.71 bits per heavy atom. The van der Waals surface area contributed by atoms with Crippen LogP contribution in [0.15, 0.2) is 24.3 Å². The largest absolute Gasteiger partial charge is 0.385 e. The van der Waals surface area contributed by atoms with Gasteiger partial charge in [0.15, 0.2) is 0 Å². The van der Waals surface area contributed by atoms with Crippen molar-refractivity contribution in [1.29, 1.82) is 0 Å². The molecule has 1 atom stereocenters. The summed E-state index contributed by atoms with van der Waals surface area (Å²) in [6, 6.07) is 9.44. The molecule has 0 radical (unpaired) electrons. The van der Waals surface area contributed by atoms with Crippen LogP contribution in [0.4, 0.5) is 5.69 Å². The number of hydrogen-bond acceptors (Lipinski definition) is 2. The molecule has 0 saturated carbocycles. The minimum absolute atomic E-state index is 0.779. The summed E-state index contributed by atoms with van der Waals surface area (Å²) in [7, 11) is 2.26. The normalized spacial score (nSPS) is 21.4. The molecule has 0 amide bonds. The first kappa shape index (κ1) is 12.4. The lowest BCUT2D eigenvalue weighted by Gasteiger charge is -2.32. The molecule has 1 aliphatic heterocycles. The third kappa shape index (κ3) is 3.74. The number of anilines is 1.